The van der Waals surface area contributed by atoms with Crippen LogP contribution in [0.3, 0.4) is 0 Å². The second kappa shape index (κ2) is 7.75. The summed E-state index contributed by atoms with van der Waals surface area (Å²) in [6.07, 6.45) is 12.9. The highest BCUT2D eigenvalue weighted by atomic mass is 15.1. The summed E-state index contributed by atoms with van der Waals surface area (Å²) in [7, 11) is 2.23. The predicted molar refractivity (Wildman–Crippen MR) is 84.6 cm³/mol. The van der Waals surface area contributed by atoms with E-state index in [1.807, 2.05) is 12.4 Å². The van der Waals surface area contributed by atoms with Gasteiger partial charge in [-0.2, -0.15) is 0 Å². The van der Waals surface area contributed by atoms with Crippen molar-refractivity contribution in [3.8, 4) is 0 Å². The molecule has 20 heavy (non-hydrogen) atoms. The highest BCUT2D eigenvalue weighted by molar-refractivity contribution is 5.09. The van der Waals surface area contributed by atoms with Gasteiger partial charge >= 0.3 is 0 Å². The van der Waals surface area contributed by atoms with Gasteiger partial charge in [0.1, 0.15) is 0 Å². The zero-order valence-electron chi connectivity index (χ0n) is 12.9. The van der Waals surface area contributed by atoms with Crippen molar-refractivity contribution in [2.24, 2.45) is 11.1 Å². The molecule has 1 heterocycles. The summed E-state index contributed by atoms with van der Waals surface area (Å²) in [5, 5.41) is 0. The van der Waals surface area contributed by atoms with Crippen LogP contribution in [0.25, 0.3) is 0 Å². The minimum atomic E-state index is 0.434. The molecule has 0 saturated heterocycles. The van der Waals surface area contributed by atoms with E-state index in [9.17, 15) is 0 Å². The van der Waals surface area contributed by atoms with E-state index < -0.39 is 0 Å². The maximum Gasteiger partial charge on any atom is 0.0270 e. The average Bonchev–Trinajstić information content (AvgIpc) is 2.53. The molecule has 1 aromatic heterocycles. The van der Waals surface area contributed by atoms with Crippen molar-refractivity contribution in [2.75, 3.05) is 26.7 Å². The lowest BCUT2D eigenvalue weighted by molar-refractivity contribution is 0.156. The fourth-order valence-corrected chi connectivity index (χ4v) is 3.27. The van der Waals surface area contributed by atoms with Crippen molar-refractivity contribution in [1.29, 1.82) is 0 Å². The van der Waals surface area contributed by atoms with Gasteiger partial charge in [0.15, 0.2) is 0 Å². The van der Waals surface area contributed by atoms with E-state index >= 15 is 0 Å². The third-order valence-electron chi connectivity index (χ3n) is 4.90. The number of nitrogens with zero attached hydrogens (tertiary/aromatic N) is 2. The molecule has 1 aliphatic rings. The van der Waals surface area contributed by atoms with Gasteiger partial charge in [0.05, 0.1) is 0 Å². The van der Waals surface area contributed by atoms with Crippen LogP contribution >= 0.6 is 0 Å². The second-order valence-electron chi connectivity index (χ2n) is 6.42. The number of likely N-dealkylation sites (N-methyl/N-ethyl adjacent to an activating group) is 1. The summed E-state index contributed by atoms with van der Waals surface area (Å²) >= 11 is 0. The van der Waals surface area contributed by atoms with E-state index in [1.165, 1.54) is 50.6 Å². The number of pyridine rings is 1. The first-order chi connectivity index (χ1) is 9.74. The van der Waals surface area contributed by atoms with Gasteiger partial charge in [0.25, 0.3) is 0 Å². The molecule has 1 aliphatic carbocycles. The van der Waals surface area contributed by atoms with Crippen molar-refractivity contribution >= 4 is 0 Å². The molecule has 1 aromatic rings. The van der Waals surface area contributed by atoms with Crippen molar-refractivity contribution in [2.45, 2.75) is 44.9 Å². The van der Waals surface area contributed by atoms with Crippen molar-refractivity contribution in [3.05, 3.63) is 30.1 Å². The molecule has 2 rings (SSSR count). The van der Waals surface area contributed by atoms with Gasteiger partial charge in [-0.15, -0.1) is 0 Å². The van der Waals surface area contributed by atoms with Crippen LogP contribution in [0.2, 0.25) is 0 Å². The summed E-state index contributed by atoms with van der Waals surface area (Å²) in [6.45, 7) is 3.15. The van der Waals surface area contributed by atoms with Gasteiger partial charge in [0, 0.05) is 18.9 Å². The third kappa shape index (κ3) is 4.57. The Kier molecular flexibility index (Phi) is 5.99. The molecule has 0 unspecified atom stereocenters. The fraction of sp³-hybridized carbons (Fsp3) is 0.706. The Bertz CT molecular complexity index is 371. The van der Waals surface area contributed by atoms with E-state index in [-0.39, 0.29) is 0 Å². The van der Waals surface area contributed by atoms with Crippen LogP contribution in [-0.2, 0) is 6.42 Å². The molecule has 2 N–H and O–H groups in total. The van der Waals surface area contributed by atoms with E-state index in [1.54, 1.807) is 0 Å². The van der Waals surface area contributed by atoms with Crippen LogP contribution in [-0.4, -0.2) is 36.6 Å². The molecule has 0 radical (unpaired) electrons. The minimum Gasteiger partial charge on any atom is -0.330 e. The molecule has 112 valence electrons. The number of hydrogen-bond donors (Lipinski definition) is 1. The Labute approximate surface area is 123 Å². The molecule has 0 amide bonds. The van der Waals surface area contributed by atoms with Crippen LogP contribution in [0.15, 0.2) is 24.5 Å². The van der Waals surface area contributed by atoms with Crippen LogP contribution in [0.5, 0.6) is 0 Å². The standard InChI is InChI=1S/C17H29N3/c1-20(13-7-16-5-11-19-12-6-16)14-10-17(15-18)8-3-2-4-9-17/h5-6,11-12H,2-4,7-10,13-15,18H2,1H3. The van der Waals surface area contributed by atoms with Crippen molar-refractivity contribution in [1.82, 2.24) is 9.88 Å². The molecule has 3 nitrogen and oxygen atoms in total. The van der Waals surface area contributed by atoms with Gasteiger partial charge < -0.3 is 10.6 Å². The number of hydrogen-bond acceptors (Lipinski definition) is 3. The highest BCUT2D eigenvalue weighted by Crippen LogP contribution is 2.38. The zero-order valence-corrected chi connectivity index (χ0v) is 12.9. The lowest BCUT2D eigenvalue weighted by Gasteiger charge is -2.37. The lowest BCUT2D eigenvalue weighted by Crippen LogP contribution is -2.36. The van der Waals surface area contributed by atoms with Crippen molar-refractivity contribution < 1.29 is 0 Å². The molecule has 0 bridgehead atoms. The average molecular weight is 275 g/mol. The Morgan fingerprint density at radius 1 is 1.15 bits per heavy atom. The first-order valence-electron chi connectivity index (χ1n) is 8.02. The predicted octanol–water partition coefficient (Wildman–Crippen LogP) is 2.86. The van der Waals surface area contributed by atoms with Crippen LogP contribution < -0.4 is 5.73 Å². The van der Waals surface area contributed by atoms with E-state index in [0.717, 1.165) is 19.5 Å². The molecule has 0 aliphatic heterocycles. The topological polar surface area (TPSA) is 42.2 Å². The summed E-state index contributed by atoms with van der Waals surface area (Å²) in [4.78, 5) is 6.51. The Balaban J connectivity index is 1.72. The number of aromatic nitrogens is 1. The summed E-state index contributed by atoms with van der Waals surface area (Å²) in [5.41, 5.74) is 7.87. The number of rotatable bonds is 7. The third-order valence-corrected chi connectivity index (χ3v) is 4.90. The number of nitrogens with two attached hydrogens (primary N) is 1. The molecular weight excluding hydrogens is 246 g/mol. The maximum atomic E-state index is 6.06. The highest BCUT2D eigenvalue weighted by Gasteiger charge is 2.30. The van der Waals surface area contributed by atoms with Crippen LogP contribution in [0, 0.1) is 5.41 Å². The second-order valence-corrected chi connectivity index (χ2v) is 6.42. The summed E-state index contributed by atoms with van der Waals surface area (Å²) in [6, 6.07) is 4.21. The molecular formula is C17H29N3. The van der Waals surface area contributed by atoms with Gasteiger partial charge in [0.2, 0.25) is 0 Å². The van der Waals surface area contributed by atoms with Crippen LogP contribution in [0.1, 0.15) is 44.1 Å². The van der Waals surface area contributed by atoms with Gasteiger partial charge in [-0.3, -0.25) is 4.98 Å². The first kappa shape index (κ1) is 15.5. The van der Waals surface area contributed by atoms with Gasteiger partial charge in [-0.25, -0.2) is 0 Å². The molecule has 0 spiro atoms. The van der Waals surface area contributed by atoms with Gasteiger partial charge in [-0.1, -0.05) is 19.3 Å². The molecule has 0 aromatic carbocycles. The molecule has 3 heteroatoms. The molecule has 1 saturated carbocycles. The quantitative estimate of drug-likeness (QED) is 0.832. The van der Waals surface area contributed by atoms with Gasteiger partial charge in [-0.05, 0) is 68.9 Å². The minimum absolute atomic E-state index is 0.434. The molecule has 0 atom stereocenters. The SMILES string of the molecule is CN(CCc1ccncc1)CCC1(CN)CCCCC1. The van der Waals surface area contributed by atoms with E-state index in [0.29, 0.717) is 5.41 Å². The maximum absolute atomic E-state index is 6.06. The first-order valence-corrected chi connectivity index (χ1v) is 8.02. The van der Waals surface area contributed by atoms with E-state index in [2.05, 4.69) is 29.1 Å². The monoisotopic (exact) mass is 275 g/mol. The molecule has 1 fully saturated rings. The lowest BCUT2D eigenvalue weighted by atomic mass is 9.72. The largest absolute Gasteiger partial charge is 0.330 e. The van der Waals surface area contributed by atoms with Crippen LogP contribution in [0.4, 0.5) is 0 Å². The summed E-state index contributed by atoms with van der Waals surface area (Å²) in [5.74, 6) is 0. The Morgan fingerprint density at radius 3 is 2.50 bits per heavy atom. The Hall–Kier alpha value is -0.930. The normalized spacial score (nSPS) is 18.4. The Morgan fingerprint density at radius 2 is 1.85 bits per heavy atom. The summed E-state index contributed by atoms with van der Waals surface area (Å²) < 4.78 is 0. The zero-order chi connectivity index (χ0) is 14.3. The van der Waals surface area contributed by atoms with Crippen molar-refractivity contribution in [3.63, 3.8) is 0 Å². The fourth-order valence-electron chi connectivity index (χ4n) is 3.27. The van der Waals surface area contributed by atoms with E-state index in [4.69, 9.17) is 5.73 Å². The smallest absolute Gasteiger partial charge is 0.0270 e.